The van der Waals surface area contributed by atoms with Crippen LogP contribution in [0.1, 0.15) is 47.0 Å². The fraction of sp³-hybridized carbons (Fsp3) is 0.647. The van der Waals surface area contributed by atoms with E-state index in [0.717, 1.165) is 11.1 Å². The number of allylic oxidation sites excluding steroid dienone is 1. The Morgan fingerprint density at radius 1 is 1.45 bits per heavy atom. The summed E-state index contributed by atoms with van der Waals surface area (Å²) in [4.78, 5) is 25.9. The maximum absolute atomic E-state index is 12.3. The fourth-order valence-electron chi connectivity index (χ4n) is 2.99. The van der Waals surface area contributed by atoms with E-state index >= 15 is 0 Å². The van der Waals surface area contributed by atoms with E-state index in [0.29, 0.717) is 32.4 Å². The van der Waals surface area contributed by atoms with Crippen molar-refractivity contribution in [3.8, 4) is 0 Å². The number of ketones is 1. The molecule has 0 bridgehead atoms. The van der Waals surface area contributed by atoms with E-state index in [2.05, 4.69) is 0 Å². The molecule has 5 heteroatoms. The van der Waals surface area contributed by atoms with E-state index in [1.54, 1.807) is 13.2 Å². The number of ether oxygens (including phenoxy) is 2. The molecule has 1 unspecified atom stereocenters. The van der Waals surface area contributed by atoms with Crippen molar-refractivity contribution in [2.75, 3.05) is 13.2 Å². The Morgan fingerprint density at radius 2 is 2.18 bits per heavy atom. The van der Waals surface area contributed by atoms with Crippen LogP contribution in [0.2, 0.25) is 0 Å². The molecule has 0 aromatic heterocycles. The van der Waals surface area contributed by atoms with Gasteiger partial charge in [0.2, 0.25) is 0 Å². The zero-order chi connectivity index (χ0) is 16.3. The lowest BCUT2D eigenvalue weighted by atomic mass is 9.88. The van der Waals surface area contributed by atoms with Gasteiger partial charge in [-0.15, -0.1) is 0 Å². The number of carbonyl (C=O) groups excluding carboxylic acids is 2. The Morgan fingerprint density at radius 3 is 2.82 bits per heavy atom. The average molecular weight is 307 g/mol. The highest BCUT2D eigenvalue weighted by Crippen LogP contribution is 2.33. The van der Waals surface area contributed by atoms with Crippen LogP contribution >= 0.6 is 0 Å². The Kier molecular flexibility index (Phi) is 5.06. The molecular formula is C17H25NO4. The third-order valence-corrected chi connectivity index (χ3v) is 4.36. The Balaban J connectivity index is 2.29. The van der Waals surface area contributed by atoms with Gasteiger partial charge < -0.3 is 9.47 Å². The minimum atomic E-state index is -0.791. The van der Waals surface area contributed by atoms with Gasteiger partial charge in [-0.05, 0) is 45.8 Å². The Hall–Kier alpha value is -1.62. The number of nitrogens with zero attached hydrogens (tertiary/aromatic N) is 1. The number of hydrogen-bond acceptors (Lipinski definition) is 5. The molecule has 0 saturated heterocycles. The topological polar surface area (TPSA) is 55.8 Å². The summed E-state index contributed by atoms with van der Waals surface area (Å²) in [5, 5.41) is 0. The molecule has 2 aliphatic rings. The summed E-state index contributed by atoms with van der Waals surface area (Å²) >= 11 is 0. The highest BCUT2D eigenvalue weighted by molar-refractivity contribution is 5.83. The molecule has 0 saturated carbocycles. The van der Waals surface area contributed by atoms with Crippen molar-refractivity contribution < 1.29 is 19.1 Å². The van der Waals surface area contributed by atoms with Gasteiger partial charge in [-0.25, -0.2) is 4.90 Å². The molecule has 0 N–H and O–H groups in total. The summed E-state index contributed by atoms with van der Waals surface area (Å²) in [7, 11) is 0. The van der Waals surface area contributed by atoms with Gasteiger partial charge in [-0.2, -0.15) is 0 Å². The normalized spacial score (nSPS) is 23.5. The largest absolute Gasteiger partial charge is 0.479 e. The van der Waals surface area contributed by atoms with Crippen molar-refractivity contribution >= 4 is 11.8 Å². The third kappa shape index (κ3) is 3.24. The number of hydrogen-bond donors (Lipinski definition) is 0. The first-order chi connectivity index (χ1) is 10.4. The van der Waals surface area contributed by atoms with Crippen LogP contribution in [0, 0.1) is 0 Å². The van der Waals surface area contributed by atoms with E-state index in [4.69, 9.17) is 9.47 Å². The molecule has 122 valence electrons. The summed E-state index contributed by atoms with van der Waals surface area (Å²) < 4.78 is 11.0. The standard InChI is InChI=1S/C17H25NO4/c1-5-21-16(20)17(3,4)18-9-6-10-22-15(18)14-8-7-13(19)11-12(14)2/h6,10,15H,5,7-9,11H2,1-4H3. The van der Waals surface area contributed by atoms with Crippen LogP contribution in [0.5, 0.6) is 0 Å². The van der Waals surface area contributed by atoms with Gasteiger partial charge in [0.1, 0.15) is 11.3 Å². The SMILES string of the molecule is CCOC(=O)C(C)(C)N1CC=COC1C1=C(C)CC(=O)CC1. The second-order valence-electron chi connectivity index (χ2n) is 6.31. The van der Waals surface area contributed by atoms with Crippen molar-refractivity contribution in [2.45, 2.75) is 58.7 Å². The number of Topliss-reactive ketones (excluding diaryl/α,β-unsaturated/α-hetero) is 1. The second-order valence-corrected chi connectivity index (χ2v) is 6.31. The first-order valence-corrected chi connectivity index (χ1v) is 7.82. The van der Waals surface area contributed by atoms with Gasteiger partial charge >= 0.3 is 5.97 Å². The number of esters is 1. The van der Waals surface area contributed by atoms with Gasteiger partial charge in [-0.1, -0.05) is 5.57 Å². The van der Waals surface area contributed by atoms with Crippen LogP contribution in [-0.2, 0) is 19.1 Å². The zero-order valence-electron chi connectivity index (χ0n) is 13.8. The predicted octanol–water partition coefficient (Wildman–Crippen LogP) is 2.57. The van der Waals surface area contributed by atoms with E-state index in [1.165, 1.54) is 0 Å². The molecule has 0 aromatic carbocycles. The highest BCUT2D eigenvalue weighted by Gasteiger charge is 2.43. The highest BCUT2D eigenvalue weighted by atomic mass is 16.5. The lowest BCUT2D eigenvalue weighted by Gasteiger charge is -2.44. The smallest absolute Gasteiger partial charge is 0.326 e. The second kappa shape index (κ2) is 6.65. The van der Waals surface area contributed by atoms with Crippen LogP contribution in [0.3, 0.4) is 0 Å². The lowest BCUT2D eigenvalue weighted by Crippen LogP contribution is -2.57. The van der Waals surface area contributed by atoms with Gasteiger partial charge in [0.25, 0.3) is 0 Å². The molecule has 1 aliphatic carbocycles. The monoisotopic (exact) mass is 307 g/mol. The van der Waals surface area contributed by atoms with E-state index in [1.807, 2.05) is 31.7 Å². The molecule has 1 aliphatic heterocycles. The van der Waals surface area contributed by atoms with E-state index in [9.17, 15) is 9.59 Å². The summed E-state index contributed by atoms with van der Waals surface area (Å²) in [5.74, 6) is 0.00726. The first-order valence-electron chi connectivity index (χ1n) is 7.82. The summed E-state index contributed by atoms with van der Waals surface area (Å²) in [6.07, 6.45) is 4.98. The molecular weight excluding hydrogens is 282 g/mol. The number of rotatable bonds is 4. The molecule has 0 aromatic rings. The average Bonchev–Trinajstić information content (AvgIpc) is 2.47. The first kappa shape index (κ1) is 16.7. The molecule has 0 spiro atoms. The molecule has 2 rings (SSSR count). The maximum atomic E-state index is 12.3. The van der Waals surface area contributed by atoms with Crippen molar-refractivity contribution in [3.63, 3.8) is 0 Å². The molecule has 0 fully saturated rings. The maximum Gasteiger partial charge on any atom is 0.326 e. The minimum Gasteiger partial charge on any atom is -0.479 e. The van der Waals surface area contributed by atoms with Gasteiger partial charge in [0.05, 0.1) is 12.9 Å². The molecule has 1 atom stereocenters. The molecule has 1 heterocycles. The summed E-state index contributed by atoms with van der Waals surface area (Å²) in [6, 6.07) is 0. The Bertz CT molecular complexity index is 519. The zero-order valence-corrected chi connectivity index (χ0v) is 13.8. The van der Waals surface area contributed by atoms with E-state index in [-0.39, 0.29) is 18.0 Å². The molecule has 5 nitrogen and oxygen atoms in total. The molecule has 0 amide bonds. The lowest BCUT2D eigenvalue weighted by molar-refractivity contribution is -0.162. The van der Waals surface area contributed by atoms with Crippen molar-refractivity contribution in [1.29, 1.82) is 0 Å². The van der Waals surface area contributed by atoms with Crippen molar-refractivity contribution in [3.05, 3.63) is 23.5 Å². The minimum absolute atomic E-state index is 0.260. The van der Waals surface area contributed by atoms with Crippen LogP contribution < -0.4 is 0 Å². The van der Waals surface area contributed by atoms with Crippen LogP contribution in [0.25, 0.3) is 0 Å². The van der Waals surface area contributed by atoms with Gasteiger partial charge in [-0.3, -0.25) is 9.59 Å². The molecule has 22 heavy (non-hydrogen) atoms. The fourth-order valence-corrected chi connectivity index (χ4v) is 2.99. The number of carbonyl (C=O) groups is 2. The van der Waals surface area contributed by atoms with Crippen LogP contribution in [0.4, 0.5) is 0 Å². The van der Waals surface area contributed by atoms with Crippen LogP contribution in [-0.4, -0.2) is 41.6 Å². The summed E-state index contributed by atoms with van der Waals surface area (Å²) in [6.45, 7) is 8.45. The third-order valence-electron chi connectivity index (χ3n) is 4.36. The quantitative estimate of drug-likeness (QED) is 0.590. The van der Waals surface area contributed by atoms with Crippen LogP contribution in [0.15, 0.2) is 23.5 Å². The predicted molar refractivity (Wildman–Crippen MR) is 83.0 cm³/mol. The summed E-state index contributed by atoms with van der Waals surface area (Å²) in [5.41, 5.74) is 1.38. The van der Waals surface area contributed by atoms with E-state index < -0.39 is 5.54 Å². The molecule has 0 radical (unpaired) electrons. The van der Waals surface area contributed by atoms with Gasteiger partial charge in [0, 0.05) is 19.4 Å². The van der Waals surface area contributed by atoms with Crippen molar-refractivity contribution in [1.82, 2.24) is 4.90 Å². The Labute approximate surface area is 131 Å². The van der Waals surface area contributed by atoms with Crippen molar-refractivity contribution in [2.24, 2.45) is 0 Å². The van der Waals surface area contributed by atoms with Gasteiger partial charge in [0.15, 0.2) is 6.23 Å².